The molecular formula is C16H21N5S. The fourth-order valence-electron chi connectivity index (χ4n) is 2.70. The summed E-state index contributed by atoms with van der Waals surface area (Å²) in [5, 5.41) is 11.4. The topological polar surface area (TPSA) is 54.8 Å². The van der Waals surface area contributed by atoms with Gasteiger partial charge in [0.2, 0.25) is 5.95 Å². The maximum Gasteiger partial charge on any atom is 0.248 e. The van der Waals surface area contributed by atoms with Crippen LogP contribution in [0.3, 0.4) is 0 Å². The highest BCUT2D eigenvalue weighted by Crippen LogP contribution is 2.17. The number of thiocarbonyl (C=S) groups is 1. The van der Waals surface area contributed by atoms with Crippen LogP contribution in [0, 0.1) is 6.92 Å². The largest absolute Gasteiger partial charge is 0.360 e. The van der Waals surface area contributed by atoms with Crippen molar-refractivity contribution < 1.29 is 0 Å². The highest BCUT2D eigenvalue weighted by atomic mass is 32.1. The van der Waals surface area contributed by atoms with E-state index >= 15 is 0 Å². The maximum atomic E-state index is 5.31. The first kappa shape index (κ1) is 15.0. The Labute approximate surface area is 136 Å². The maximum absolute atomic E-state index is 5.31. The molecule has 22 heavy (non-hydrogen) atoms. The number of nitrogens with zero attached hydrogens (tertiary/aromatic N) is 3. The van der Waals surface area contributed by atoms with Gasteiger partial charge < -0.3 is 5.32 Å². The van der Waals surface area contributed by atoms with E-state index in [4.69, 9.17) is 12.2 Å². The third-order valence-corrected chi connectivity index (χ3v) is 4.14. The smallest absolute Gasteiger partial charge is 0.248 e. The first-order valence-electron chi connectivity index (χ1n) is 7.71. The van der Waals surface area contributed by atoms with Crippen molar-refractivity contribution in [2.45, 2.75) is 45.2 Å². The molecule has 2 N–H and O–H groups in total. The number of rotatable bonds is 4. The molecule has 1 fully saturated rings. The van der Waals surface area contributed by atoms with Crippen molar-refractivity contribution >= 4 is 23.3 Å². The van der Waals surface area contributed by atoms with Gasteiger partial charge >= 0.3 is 0 Å². The summed E-state index contributed by atoms with van der Waals surface area (Å²) in [5.41, 5.74) is 2.46. The van der Waals surface area contributed by atoms with Gasteiger partial charge in [0.1, 0.15) is 6.33 Å². The number of aromatic nitrogens is 3. The highest BCUT2D eigenvalue weighted by Gasteiger charge is 2.15. The number of aryl methyl sites for hydroxylation is 1. The third kappa shape index (κ3) is 4.04. The number of anilines is 1. The zero-order valence-corrected chi connectivity index (χ0v) is 13.6. The van der Waals surface area contributed by atoms with Crippen LogP contribution in [0.2, 0.25) is 0 Å². The fraction of sp³-hybridized carbons (Fsp3) is 0.438. The molecule has 1 aliphatic rings. The van der Waals surface area contributed by atoms with Crippen LogP contribution in [0.4, 0.5) is 5.95 Å². The molecule has 1 aliphatic carbocycles. The van der Waals surface area contributed by atoms with E-state index in [9.17, 15) is 0 Å². The van der Waals surface area contributed by atoms with Crippen LogP contribution in [-0.2, 0) is 6.54 Å². The van der Waals surface area contributed by atoms with Gasteiger partial charge in [0.25, 0.3) is 0 Å². The van der Waals surface area contributed by atoms with E-state index in [1.165, 1.54) is 36.8 Å². The monoisotopic (exact) mass is 315 g/mol. The molecule has 0 aliphatic heterocycles. The molecule has 1 aromatic heterocycles. The minimum Gasteiger partial charge on any atom is -0.360 e. The van der Waals surface area contributed by atoms with Crippen molar-refractivity contribution in [1.82, 2.24) is 20.1 Å². The summed E-state index contributed by atoms with van der Waals surface area (Å²) >= 11 is 5.31. The Morgan fingerprint density at radius 3 is 2.73 bits per heavy atom. The second-order valence-electron chi connectivity index (χ2n) is 5.83. The van der Waals surface area contributed by atoms with E-state index in [-0.39, 0.29) is 0 Å². The van der Waals surface area contributed by atoms with E-state index < -0.39 is 0 Å². The molecular weight excluding hydrogens is 294 g/mol. The third-order valence-electron chi connectivity index (χ3n) is 3.92. The second kappa shape index (κ2) is 6.87. The minimum absolute atomic E-state index is 0.495. The van der Waals surface area contributed by atoms with Gasteiger partial charge in [0.15, 0.2) is 5.11 Å². The number of hydrogen-bond acceptors (Lipinski definition) is 3. The van der Waals surface area contributed by atoms with Crippen molar-refractivity contribution in [3.8, 4) is 0 Å². The lowest BCUT2D eigenvalue weighted by Gasteiger charge is -2.13. The van der Waals surface area contributed by atoms with Crippen LogP contribution in [-0.4, -0.2) is 25.9 Å². The van der Waals surface area contributed by atoms with Gasteiger partial charge in [-0.25, -0.2) is 9.67 Å². The summed E-state index contributed by atoms with van der Waals surface area (Å²) in [7, 11) is 0. The van der Waals surface area contributed by atoms with Gasteiger partial charge in [-0.2, -0.15) is 0 Å². The number of benzene rings is 1. The summed E-state index contributed by atoms with van der Waals surface area (Å²) in [4.78, 5) is 4.26. The first-order valence-corrected chi connectivity index (χ1v) is 8.12. The molecule has 1 aromatic carbocycles. The van der Waals surface area contributed by atoms with Gasteiger partial charge in [-0.15, -0.1) is 5.10 Å². The molecule has 0 atom stereocenters. The van der Waals surface area contributed by atoms with Gasteiger partial charge in [0.05, 0.1) is 6.54 Å². The van der Waals surface area contributed by atoms with E-state index in [2.05, 4.69) is 51.9 Å². The Kier molecular flexibility index (Phi) is 4.68. The van der Waals surface area contributed by atoms with Crippen molar-refractivity contribution in [2.24, 2.45) is 0 Å². The Bertz CT molecular complexity index is 628. The molecule has 2 aromatic rings. The standard InChI is InChI=1S/C16H21N5S/c1-12-6-8-13(9-7-12)10-21-11-17-15(20-21)19-16(22)18-14-4-2-3-5-14/h6-9,11,14H,2-5,10H2,1H3,(H2,18,19,20,22). The van der Waals surface area contributed by atoms with Crippen molar-refractivity contribution in [3.05, 3.63) is 41.7 Å². The number of nitrogens with one attached hydrogen (secondary N) is 2. The molecule has 1 saturated carbocycles. The quantitative estimate of drug-likeness (QED) is 0.850. The summed E-state index contributed by atoms with van der Waals surface area (Å²) < 4.78 is 1.81. The highest BCUT2D eigenvalue weighted by molar-refractivity contribution is 7.80. The van der Waals surface area contributed by atoms with Crippen LogP contribution in [0.15, 0.2) is 30.6 Å². The Balaban J connectivity index is 1.54. The molecule has 1 heterocycles. The molecule has 116 valence electrons. The predicted octanol–water partition coefficient (Wildman–Crippen LogP) is 2.86. The van der Waals surface area contributed by atoms with E-state index in [0.717, 1.165) is 0 Å². The lowest BCUT2D eigenvalue weighted by Crippen LogP contribution is -2.36. The van der Waals surface area contributed by atoms with E-state index in [1.54, 1.807) is 6.33 Å². The first-order chi connectivity index (χ1) is 10.7. The van der Waals surface area contributed by atoms with Gasteiger partial charge in [-0.3, -0.25) is 5.32 Å². The molecule has 0 unspecified atom stereocenters. The number of hydrogen-bond donors (Lipinski definition) is 2. The zero-order valence-electron chi connectivity index (χ0n) is 12.7. The SMILES string of the molecule is Cc1ccc(Cn2cnc(NC(=S)NC3CCCC3)n2)cc1. The average molecular weight is 315 g/mol. The van der Waals surface area contributed by atoms with Gasteiger partial charge in [0, 0.05) is 6.04 Å². The van der Waals surface area contributed by atoms with Crippen molar-refractivity contribution in [1.29, 1.82) is 0 Å². The molecule has 3 rings (SSSR count). The normalized spacial score (nSPS) is 15.0. The molecule has 6 heteroatoms. The zero-order chi connectivity index (χ0) is 15.4. The van der Waals surface area contributed by atoms with Crippen LogP contribution < -0.4 is 10.6 Å². The molecule has 5 nitrogen and oxygen atoms in total. The summed E-state index contributed by atoms with van der Waals surface area (Å²) in [6.45, 7) is 2.79. The second-order valence-corrected chi connectivity index (χ2v) is 6.24. The fourth-order valence-corrected chi connectivity index (χ4v) is 2.96. The lowest BCUT2D eigenvalue weighted by molar-refractivity contribution is 0.634. The summed E-state index contributed by atoms with van der Waals surface area (Å²) in [6.07, 6.45) is 6.67. The average Bonchev–Trinajstić information content (AvgIpc) is 3.14. The van der Waals surface area contributed by atoms with Crippen LogP contribution >= 0.6 is 12.2 Å². The van der Waals surface area contributed by atoms with Crippen LogP contribution in [0.5, 0.6) is 0 Å². The minimum atomic E-state index is 0.495. The molecule has 0 radical (unpaired) electrons. The predicted molar refractivity (Wildman–Crippen MR) is 91.9 cm³/mol. The van der Waals surface area contributed by atoms with Gasteiger partial charge in [-0.05, 0) is 37.5 Å². The summed E-state index contributed by atoms with van der Waals surface area (Å²) in [6, 6.07) is 8.92. The lowest BCUT2D eigenvalue weighted by atomic mass is 10.1. The van der Waals surface area contributed by atoms with E-state index in [1.807, 2.05) is 4.68 Å². The molecule has 0 saturated heterocycles. The van der Waals surface area contributed by atoms with Crippen molar-refractivity contribution in [2.75, 3.05) is 5.32 Å². The molecule has 0 bridgehead atoms. The Morgan fingerprint density at radius 2 is 2.00 bits per heavy atom. The van der Waals surface area contributed by atoms with Gasteiger partial charge in [-0.1, -0.05) is 42.7 Å². The Hall–Kier alpha value is -1.95. The van der Waals surface area contributed by atoms with E-state index in [0.29, 0.717) is 23.6 Å². The summed E-state index contributed by atoms with van der Waals surface area (Å²) in [5.74, 6) is 0.544. The molecule has 0 spiro atoms. The van der Waals surface area contributed by atoms with Crippen LogP contribution in [0.1, 0.15) is 36.8 Å². The molecule has 0 amide bonds. The van der Waals surface area contributed by atoms with Crippen molar-refractivity contribution in [3.63, 3.8) is 0 Å². The Morgan fingerprint density at radius 1 is 1.27 bits per heavy atom. The van der Waals surface area contributed by atoms with Crippen LogP contribution in [0.25, 0.3) is 0 Å².